The van der Waals surface area contributed by atoms with Crippen LogP contribution in [-0.2, 0) is 11.8 Å². The van der Waals surface area contributed by atoms with E-state index in [0.29, 0.717) is 0 Å². The number of hydrogen-bond acceptors (Lipinski definition) is 0. The van der Waals surface area contributed by atoms with Crippen LogP contribution >= 0.6 is 0 Å². The fraction of sp³-hybridized carbons (Fsp3) is 0.200. The molecule has 0 fully saturated rings. The molecule has 0 aromatic heterocycles. The SMILES string of the molecule is FC1(F)C=CC(F)(F)c2ccccc21. The van der Waals surface area contributed by atoms with E-state index < -0.39 is 23.0 Å². The fourth-order valence-electron chi connectivity index (χ4n) is 1.45. The van der Waals surface area contributed by atoms with E-state index in [-0.39, 0.29) is 12.2 Å². The summed E-state index contributed by atoms with van der Waals surface area (Å²) in [6, 6.07) is 4.68. The Bertz CT molecular complexity index is 356. The van der Waals surface area contributed by atoms with Gasteiger partial charge in [-0.2, -0.15) is 17.6 Å². The molecule has 0 atom stereocenters. The molecular weight excluding hydrogens is 196 g/mol. The Morgan fingerprint density at radius 3 is 1.43 bits per heavy atom. The normalized spacial score (nSPS) is 21.7. The Labute approximate surface area is 77.9 Å². The van der Waals surface area contributed by atoms with E-state index in [1.54, 1.807) is 0 Å². The van der Waals surface area contributed by atoms with Crippen molar-refractivity contribution in [2.24, 2.45) is 0 Å². The molecule has 0 unspecified atom stereocenters. The Morgan fingerprint density at radius 1 is 0.714 bits per heavy atom. The molecule has 0 amide bonds. The third-order valence-corrected chi connectivity index (χ3v) is 2.15. The average Bonchev–Trinajstić information content (AvgIpc) is 2.14. The summed E-state index contributed by atoms with van der Waals surface area (Å²) in [6.45, 7) is 0. The minimum atomic E-state index is -3.29. The van der Waals surface area contributed by atoms with Crippen molar-refractivity contribution >= 4 is 0 Å². The summed E-state index contributed by atoms with van der Waals surface area (Å²) in [6.07, 6.45) is 0.491. The van der Waals surface area contributed by atoms with Crippen LogP contribution in [0.5, 0.6) is 0 Å². The number of rotatable bonds is 0. The third kappa shape index (κ3) is 1.22. The van der Waals surface area contributed by atoms with E-state index in [2.05, 4.69) is 0 Å². The Morgan fingerprint density at radius 2 is 1.07 bits per heavy atom. The highest BCUT2D eigenvalue weighted by Crippen LogP contribution is 2.44. The smallest absolute Gasteiger partial charge is 0.196 e. The molecule has 0 bridgehead atoms. The molecule has 0 aliphatic heterocycles. The van der Waals surface area contributed by atoms with Crippen molar-refractivity contribution in [3.8, 4) is 0 Å². The van der Waals surface area contributed by atoms with Gasteiger partial charge in [-0.1, -0.05) is 24.3 Å². The maximum absolute atomic E-state index is 13.1. The molecule has 0 saturated carbocycles. The summed E-state index contributed by atoms with van der Waals surface area (Å²) in [5.74, 6) is -6.59. The van der Waals surface area contributed by atoms with Gasteiger partial charge < -0.3 is 0 Å². The van der Waals surface area contributed by atoms with Crippen LogP contribution < -0.4 is 0 Å². The number of benzene rings is 1. The van der Waals surface area contributed by atoms with Gasteiger partial charge in [0.2, 0.25) is 0 Å². The molecule has 74 valence electrons. The Balaban J connectivity index is 2.68. The molecule has 2 rings (SSSR count). The van der Waals surface area contributed by atoms with Crippen molar-refractivity contribution in [1.82, 2.24) is 0 Å². The van der Waals surface area contributed by atoms with Crippen molar-refractivity contribution in [3.05, 3.63) is 47.5 Å². The van der Waals surface area contributed by atoms with Crippen LogP contribution in [0.15, 0.2) is 36.4 Å². The lowest BCUT2D eigenvalue weighted by Crippen LogP contribution is -2.25. The second-order valence-corrected chi connectivity index (χ2v) is 3.12. The number of hydrogen-bond donors (Lipinski definition) is 0. The zero-order valence-corrected chi connectivity index (χ0v) is 6.98. The minimum absolute atomic E-state index is 0.245. The molecule has 1 aromatic rings. The molecule has 0 spiro atoms. The van der Waals surface area contributed by atoms with Crippen LogP contribution in [0.4, 0.5) is 17.6 Å². The molecule has 0 heterocycles. The van der Waals surface area contributed by atoms with Crippen molar-refractivity contribution in [2.75, 3.05) is 0 Å². The van der Waals surface area contributed by atoms with Gasteiger partial charge in [0.05, 0.1) is 0 Å². The summed E-state index contributed by atoms with van der Waals surface area (Å²) in [5, 5.41) is 0. The number of halogens is 4. The van der Waals surface area contributed by atoms with Crippen LogP contribution in [0.2, 0.25) is 0 Å². The van der Waals surface area contributed by atoms with Crippen LogP contribution in [0, 0.1) is 0 Å². The highest BCUT2D eigenvalue weighted by atomic mass is 19.3. The molecule has 0 radical (unpaired) electrons. The maximum Gasteiger partial charge on any atom is 0.292 e. The third-order valence-electron chi connectivity index (χ3n) is 2.15. The van der Waals surface area contributed by atoms with Crippen molar-refractivity contribution in [1.29, 1.82) is 0 Å². The van der Waals surface area contributed by atoms with E-state index in [1.165, 1.54) is 12.1 Å². The van der Waals surface area contributed by atoms with Crippen LogP contribution in [0.25, 0.3) is 0 Å². The van der Waals surface area contributed by atoms with Crippen LogP contribution in [0.1, 0.15) is 11.1 Å². The van der Waals surface area contributed by atoms with E-state index in [9.17, 15) is 17.6 Å². The lowest BCUT2D eigenvalue weighted by atomic mass is 9.91. The van der Waals surface area contributed by atoms with Gasteiger partial charge in [-0.05, 0) is 12.2 Å². The molecule has 0 N–H and O–H groups in total. The monoisotopic (exact) mass is 202 g/mol. The number of fused-ring (bicyclic) bond motifs is 1. The van der Waals surface area contributed by atoms with Gasteiger partial charge in [-0.3, -0.25) is 0 Å². The van der Waals surface area contributed by atoms with E-state index in [0.717, 1.165) is 12.1 Å². The van der Waals surface area contributed by atoms with Crippen LogP contribution in [-0.4, -0.2) is 0 Å². The average molecular weight is 202 g/mol. The first-order valence-corrected chi connectivity index (χ1v) is 3.99. The second kappa shape index (κ2) is 2.59. The maximum atomic E-state index is 13.1. The topological polar surface area (TPSA) is 0 Å². The minimum Gasteiger partial charge on any atom is -0.196 e. The standard InChI is InChI=1S/C10H6F4/c11-9(12)5-6-10(13,14)8-4-2-1-3-7(8)9/h1-6H. The zero-order chi connectivity index (χ0) is 10.4. The van der Waals surface area contributed by atoms with Gasteiger partial charge in [-0.15, -0.1) is 0 Å². The summed E-state index contributed by atoms with van der Waals surface area (Å²) in [7, 11) is 0. The van der Waals surface area contributed by atoms with Gasteiger partial charge in [0.15, 0.2) is 0 Å². The number of allylic oxidation sites excluding steroid dienone is 2. The molecule has 1 aliphatic rings. The van der Waals surface area contributed by atoms with Gasteiger partial charge in [0, 0.05) is 11.1 Å². The van der Waals surface area contributed by atoms with Gasteiger partial charge >= 0.3 is 0 Å². The van der Waals surface area contributed by atoms with E-state index in [1.807, 2.05) is 0 Å². The molecular formula is C10H6F4. The Hall–Kier alpha value is -1.32. The summed E-state index contributed by atoms with van der Waals surface area (Å²) in [4.78, 5) is 0. The molecule has 14 heavy (non-hydrogen) atoms. The van der Waals surface area contributed by atoms with Gasteiger partial charge in [-0.25, -0.2) is 0 Å². The molecule has 0 nitrogen and oxygen atoms in total. The first kappa shape index (κ1) is 9.24. The first-order valence-electron chi connectivity index (χ1n) is 3.99. The highest BCUT2D eigenvalue weighted by Gasteiger charge is 2.44. The number of alkyl halides is 4. The van der Waals surface area contributed by atoms with E-state index in [4.69, 9.17) is 0 Å². The molecule has 4 heteroatoms. The lowest BCUT2D eigenvalue weighted by molar-refractivity contribution is 0.00454. The predicted molar refractivity (Wildman–Crippen MR) is 43.4 cm³/mol. The summed E-state index contributed by atoms with van der Waals surface area (Å²) in [5.41, 5.74) is -1.24. The highest BCUT2D eigenvalue weighted by molar-refractivity contribution is 5.42. The lowest BCUT2D eigenvalue weighted by Gasteiger charge is -2.25. The zero-order valence-electron chi connectivity index (χ0n) is 6.98. The first-order chi connectivity index (χ1) is 6.43. The fourth-order valence-corrected chi connectivity index (χ4v) is 1.45. The van der Waals surface area contributed by atoms with Crippen molar-refractivity contribution in [2.45, 2.75) is 11.8 Å². The predicted octanol–water partition coefficient (Wildman–Crippen LogP) is 3.44. The largest absolute Gasteiger partial charge is 0.292 e. The quantitative estimate of drug-likeness (QED) is 0.446. The van der Waals surface area contributed by atoms with E-state index >= 15 is 0 Å². The van der Waals surface area contributed by atoms with Crippen molar-refractivity contribution in [3.63, 3.8) is 0 Å². The molecule has 1 aromatic carbocycles. The van der Waals surface area contributed by atoms with Gasteiger partial charge in [0.25, 0.3) is 11.8 Å². The molecule has 0 saturated heterocycles. The summed E-state index contributed by atoms with van der Waals surface area (Å²) >= 11 is 0. The van der Waals surface area contributed by atoms with Gasteiger partial charge in [0.1, 0.15) is 0 Å². The van der Waals surface area contributed by atoms with Crippen molar-refractivity contribution < 1.29 is 17.6 Å². The second-order valence-electron chi connectivity index (χ2n) is 3.12. The summed E-state index contributed by atoms with van der Waals surface area (Å²) < 4.78 is 52.5. The molecule has 1 aliphatic carbocycles. The van der Waals surface area contributed by atoms with Crippen LogP contribution in [0.3, 0.4) is 0 Å². The Kier molecular flexibility index (Phi) is 1.71.